The summed E-state index contributed by atoms with van der Waals surface area (Å²) in [5.41, 5.74) is 1.45. The Morgan fingerprint density at radius 2 is 2.17 bits per heavy atom. The number of hydrogen-bond acceptors (Lipinski definition) is 4. The van der Waals surface area contributed by atoms with Gasteiger partial charge in [-0.1, -0.05) is 0 Å². The topological polar surface area (TPSA) is 72.2 Å². The predicted octanol–water partition coefficient (Wildman–Crippen LogP) is 2.84. The summed E-state index contributed by atoms with van der Waals surface area (Å²) in [5, 5.41) is 14.0. The van der Waals surface area contributed by atoms with Crippen molar-refractivity contribution in [2.24, 2.45) is 0 Å². The van der Waals surface area contributed by atoms with Crippen LogP contribution in [0.2, 0.25) is 0 Å². The molecule has 0 aliphatic carbocycles. The number of anilines is 1. The van der Waals surface area contributed by atoms with Gasteiger partial charge < -0.3 is 5.32 Å². The van der Waals surface area contributed by atoms with E-state index in [1.165, 1.54) is 6.07 Å². The van der Waals surface area contributed by atoms with Crippen LogP contribution in [0.5, 0.6) is 0 Å². The van der Waals surface area contributed by atoms with Crippen LogP contribution >= 0.6 is 15.9 Å². The molecule has 1 N–H and O–H groups in total. The first kappa shape index (κ1) is 15.1. The number of halogens is 1. The Kier molecular flexibility index (Phi) is 5.28. The number of nitrogens with one attached hydrogen (secondary N) is 1. The number of nitro benzene ring substituents is 1. The molecule has 0 spiro atoms. The van der Waals surface area contributed by atoms with Gasteiger partial charge in [0.15, 0.2) is 0 Å². The fourth-order valence-electron chi connectivity index (χ4n) is 1.64. The number of benzene rings is 1. The van der Waals surface area contributed by atoms with E-state index >= 15 is 0 Å². The van der Waals surface area contributed by atoms with Gasteiger partial charge >= 0.3 is 0 Å². The van der Waals surface area contributed by atoms with Gasteiger partial charge in [-0.2, -0.15) is 0 Å². The predicted molar refractivity (Wildman–Crippen MR) is 77.6 cm³/mol. The number of hydrogen-bond donors (Lipinski definition) is 1. The van der Waals surface area contributed by atoms with Gasteiger partial charge in [-0.25, -0.2) is 0 Å². The van der Waals surface area contributed by atoms with Gasteiger partial charge in [-0.3, -0.25) is 14.3 Å². The van der Waals surface area contributed by atoms with Gasteiger partial charge in [0.2, 0.25) is 0 Å². The minimum absolute atomic E-state index is 0.0352. The number of nitro groups is 1. The van der Waals surface area contributed by atoms with Crippen LogP contribution in [0.4, 0.5) is 11.4 Å². The molecule has 0 unspecified atom stereocenters. The highest BCUT2D eigenvalue weighted by atomic mass is 79.9. The van der Waals surface area contributed by atoms with Crippen molar-refractivity contribution in [3.8, 4) is 0 Å². The van der Waals surface area contributed by atoms with Crippen LogP contribution in [-0.2, 0) is 10.8 Å². The van der Waals surface area contributed by atoms with Crippen LogP contribution < -0.4 is 5.32 Å². The highest BCUT2D eigenvalue weighted by molar-refractivity contribution is 9.10. The Labute approximate surface area is 117 Å². The van der Waals surface area contributed by atoms with Crippen LogP contribution in [-0.4, -0.2) is 27.2 Å². The average molecular weight is 335 g/mol. The molecule has 0 aliphatic rings. The maximum absolute atomic E-state index is 11.1. The molecule has 0 aliphatic heterocycles. The molecule has 1 aromatic rings. The minimum Gasteiger partial charge on any atom is -0.381 e. The van der Waals surface area contributed by atoms with Crippen LogP contribution in [0.25, 0.3) is 0 Å². The maximum atomic E-state index is 11.1. The number of aryl methyl sites for hydroxylation is 1. The molecule has 2 atom stereocenters. The van der Waals surface area contributed by atoms with Crippen LogP contribution in [0.1, 0.15) is 12.5 Å². The molecule has 100 valence electrons. The Hall–Kier alpha value is -0.950. The average Bonchev–Trinajstić information content (AvgIpc) is 2.21. The lowest BCUT2D eigenvalue weighted by Gasteiger charge is -2.15. The molecule has 0 saturated carbocycles. The summed E-state index contributed by atoms with van der Waals surface area (Å²) in [4.78, 5) is 10.4. The smallest absolute Gasteiger partial charge is 0.273 e. The van der Waals surface area contributed by atoms with Crippen molar-refractivity contribution in [2.75, 3.05) is 17.3 Å². The van der Waals surface area contributed by atoms with E-state index in [0.717, 1.165) is 5.69 Å². The standard InChI is InChI=1S/C11H15BrN2O3S/c1-7-4-10(13-8(2)6-18(3)17)9(12)5-11(7)14(15)16/h4-5,8,13H,6H2,1-3H3/t8-,18-/m0/s1. The summed E-state index contributed by atoms with van der Waals surface area (Å²) in [6.07, 6.45) is 1.65. The highest BCUT2D eigenvalue weighted by Crippen LogP contribution is 2.30. The molecule has 1 rings (SSSR count). The van der Waals surface area contributed by atoms with Crippen molar-refractivity contribution >= 4 is 38.1 Å². The Balaban J connectivity index is 2.94. The van der Waals surface area contributed by atoms with E-state index in [0.29, 0.717) is 15.8 Å². The fraction of sp³-hybridized carbons (Fsp3) is 0.455. The molecule has 18 heavy (non-hydrogen) atoms. The molecule has 0 amide bonds. The molecule has 7 heteroatoms. The second-order valence-electron chi connectivity index (χ2n) is 4.16. The van der Waals surface area contributed by atoms with Gasteiger partial charge in [-0.05, 0) is 35.8 Å². The zero-order valence-corrected chi connectivity index (χ0v) is 12.8. The van der Waals surface area contributed by atoms with E-state index < -0.39 is 15.7 Å². The lowest BCUT2D eigenvalue weighted by atomic mass is 10.1. The van der Waals surface area contributed by atoms with E-state index in [1.807, 2.05) is 6.92 Å². The zero-order chi connectivity index (χ0) is 13.9. The van der Waals surface area contributed by atoms with Crippen molar-refractivity contribution in [3.05, 3.63) is 32.3 Å². The van der Waals surface area contributed by atoms with E-state index in [4.69, 9.17) is 0 Å². The molecule has 0 aromatic heterocycles. The summed E-state index contributed by atoms with van der Waals surface area (Å²) in [7, 11) is -0.879. The first-order chi connectivity index (χ1) is 8.31. The lowest BCUT2D eigenvalue weighted by Crippen LogP contribution is -2.22. The fourth-order valence-corrected chi connectivity index (χ4v) is 2.87. The van der Waals surface area contributed by atoms with E-state index in [2.05, 4.69) is 21.2 Å². The third-order valence-corrected chi connectivity index (χ3v) is 3.99. The van der Waals surface area contributed by atoms with Crippen LogP contribution in [0.3, 0.4) is 0 Å². The third-order valence-electron chi connectivity index (χ3n) is 2.37. The van der Waals surface area contributed by atoms with Crippen molar-refractivity contribution < 1.29 is 9.13 Å². The van der Waals surface area contributed by atoms with Crippen molar-refractivity contribution in [1.82, 2.24) is 0 Å². The Morgan fingerprint density at radius 1 is 1.56 bits per heavy atom. The van der Waals surface area contributed by atoms with Crippen molar-refractivity contribution in [2.45, 2.75) is 19.9 Å². The minimum atomic E-state index is -0.879. The van der Waals surface area contributed by atoms with E-state index in [9.17, 15) is 14.3 Å². The molecule has 0 heterocycles. The molecule has 0 saturated heterocycles. The van der Waals surface area contributed by atoms with Crippen LogP contribution in [0.15, 0.2) is 16.6 Å². The second-order valence-corrected chi connectivity index (χ2v) is 6.49. The summed E-state index contributed by atoms with van der Waals surface area (Å²) >= 11 is 3.30. The summed E-state index contributed by atoms with van der Waals surface area (Å²) in [6, 6.07) is 3.23. The Bertz CT molecular complexity index is 493. The second kappa shape index (κ2) is 6.29. The molecular formula is C11H15BrN2O3S. The van der Waals surface area contributed by atoms with E-state index in [-0.39, 0.29) is 11.7 Å². The largest absolute Gasteiger partial charge is 0.381 e. The van der Waals surface area contributed by atoms with Gasteiger partial charge in [0.1, 0.15) is 0 Å². The first-order valence-corrected chi connectivity index (χ1v) is 7.84. The zero-order valence-electron chi connectivity index (χ0n) is 10.4. The van der Waals surface area contributed by atoms with E-state index in [1.54, 1.807) is 19.2 Å². The summed E-state index contributed by atoms with van der Waals surface area (Å²) in [5.74, 6) is 0.530. The van der Waals surface area contributed by atoms with Crippen molar-refractivity contribution in [3.63, 3.8) is 0 Å². The maximum Gasteiger partial charge on any atom is 0.273 e. The normalized spacial score (nSPS) is 14.0. The monoisotopic (exact) mass is 334 g/mol. The lowest BCUT2D eigenvalue weighted by molar-refractivity contribution is -0.385. The molecule has 5 nitrogen and oxygen atoms in total. The molecule has 0 fully saturated rings. The molecule has 0 bridgehead atoms. The van der Waals surface area contributed by atoms with Gasteiger partial charge in [0, 0.05) is 50.6 Å². The third kappa shape index (κ3) is 4.06. The highest BCUT2D eigenvalue weighted by Gasteiger charge is 2.15. The molecule has 1 aromatic carbocycles. The summed E-state index contributed by atoms with van der Waals surface area (Å²) in [6.45, 7) is 3.61. The molecular weight excluding hydrogens is 320 g/mol. The SMILES string of the molecule is Cc1cc(N[C@@H](C)C[S@](C)=O)c(Br)cc1[N+](=O)[O-]. The molecule has 0 radical (unpaired) electrons. The van der Waals surface area contributed by atoms with Crippen molar-refractivity contribution in [1.29, 1.82) is 0 Å². The summed E-state index contributed by atoms with van der Waals surface area (Å²) < 4.78 is 11.7. The van der Waals surface area contributed by atoms with Gasteiger partial charge in [-0.15, -0.1) is 0 Å². The Morgan fingerprint density at radius 3 is 2.67 bits per heavy atom. The number of rotatable bonds is 5. The quantitative estimate of drug-likeness (QED) is 0.663. The van der Waals surface area contributed by atoms with Gasteiger partial charge in [0.05, 0.1) is 4.92 Å². The van der Waals surface area contributed by atoms with Crippen LogP contribution in [0, 0.1) is 17.0 Å². The van der Waals surface area contributed by atoms with Gasteiger partial charge in [0.25, 0.3) is 5.69 Å². The first-order valence-electron chi connectivity index (χ1n) is 5.32. The number of nitrogens with zero attached hydrogens (tertiary/aromatic N) is 1.